The third kappa shape index (κ3) is 5.08. The second-order valence-electron chi connectivity index (χ2n) is 9.47. The molecule has 2 aromatic carbocycles. The van der Waals surface area contributed by atoms with E-state index >= 15 is 4.39 Å². The summed E-state index contributed by atoms with van der Waals surface area (Å²) in [5.41, 5.74) is 12.5. The van der Waals surface area contributed by atoms with Crippen LogP contribution >= 0.6 is 0 Å². The summed E-state index contributed by atoms with van der Waals surface area (Å²) in [6.07, 6.45) is 4.19. The highest BCUT2D eigenvalue weighted by Gasteiger charge is 2.25. The second kappa shape index (κ2) is 10.9. The van der Waals surface area contributed by atoms with E-state index in [1.54, 1.807) is 19.1 Å². The van der Waals surface area contributed by atoms with E-state index in [9.17, 15) is 10.1 Å². The number of hydrogen-bond acceptors (Lipinski definition) is 7. The zero-order valence-electron chi connectivity index (χ0n) is 22.7. The highest BCUT2D eigenvalue weighted by Crippen LogP contribution is 2.45. The smallest absolute Gasteiger partial charge is 0.322 e. The Kier molecular flexibility index (Phi) is 7.18. The molecule has 5 rings (SSSR count). The Bertz CT molecular complexity index is 1890. The van der Waals surface area contributed by atoms with Crippen LogP contribution in [-0.2, 0) is 18.4 Å². The van der Waals surface area contributed by atoms with Gasteiger partial charge < -0.3 is 20.4 Å². The molecule has 0 spiro atoms. The molecule has 0 saturated carbocycles. The third-order valence-corrected chi connectivity index (χ3v) is 6.75. The minimum absolute atomic E-state index is 0.0351. The molecule has 10 heteroatoms. The first-order valence-electron chi connectivity index (χ1n) is 12.7. The molecule has 0 bridgehead atoms. The van der Waals surface area contributed by atoms with Crippen molar-refractivity contribution in [1.29, 1.82) is 5.26 Å². The number of ether oxygens (including phenoxy) is 1. The molecule has 3 heterocycles. The molecule has 5 aromatic rings. The van der Waals surface area contributed by atoms with Gasteiger partial charge in [-0.3, -0.25) is 4.79 Å². The van der Waals surface area contributed by atoms with Crippen LogP contribution in [0.1, 0.15) is 22.4 Å². The molecule has 0 saturated heterocycles. The maximum absolute atomic E-state index is 15.5. The van der Waals surface area contributed by atoms with Gasteiger partial charge in [-0.2, -0.15) is 5.26 Å². The number of nitrogens with zero attached hydrogens (tertiary/aromatic N) is 5. The second-order valence-corrected chi connectivity index (χ2v) is 9.47. The molecule has 0 radical (unpaired) electrons. The highest BCUT2D eigenvalue weighted by molar-refractivity contribution is 6.11. The number of nitrogens with one attached hydrogen (secondary N) is 1. The fourth-order valence-electron chi connectivity index (χ4n) is 4.86. The molecule has 0 aliphatic rings. The van der Waals surface area contributed by atoms with Gasteiger partial charge in [0.1, 0.15) is 11.9 Å². The number of carbonyl (C=O) groups is 1. The van der Waals surface area contributed by atoms with E-state index in [0.29, 0.717) is 39.8 Å². The number of hydrogen-bond donors (Lipinski definition) is 2. The van der Waals surface area contributed by atoms with Crippen molar-refractivity contribution in [3.05, 3.63) is 95.7 Å². The summed E-state index contributed by atoms with van der Waals surface area (Å²) in [5.74, 6) is -0.708. The maximum atomic E-state index is 15.5. The first-order chi connectivity index (χ1) is 19.7. The number of carbonyl (C=O) groups excluding carboxylic acids is 1. The number of amides is 1. The van der Waals surface area contributed by atoms with Gasteiger partial charge in [-0.05, 0) is 54.8 Å². The normalized spacial score (nSPS) is 10.8. The molecular formula is C31H26FN7O2. The van der Waals surface area contributed by atoms with E-state index in [1.807, 2.05) is 36.7 Å². The third-order valence-electron chi connectivity index (χ3n) is 6.75. The minimum atomic E-state index is -0.622. The fourth-order valence-corrected chi connectivity index (χ4v) is 4.86. The van der Waals surface area contributed by atoms with Gasteiger partial charge in [0.2, 0.25) is 5.91 Å². The number of benzene rings is 2. The number of nitriles is 1. The molecule has 9 nitrogen and oxygen atoms in total. The SMILES string of the molecule is C=CC(=O)NCc1ccc(-c2c(-c3ccc(Oc4nccc(C)n4)c(F)c3)c3c(N)ncc(C#N)c3n2C)c(C)c1. The number of anilines is 1. The summed E-state index contributed by atoms with van der Waals surface area (Å²) < 4.78 is 23.0. The predicted octanol–water partition coefficient (Wildman–Crippen LogP) is 5.50. The lowest BCUT2D eigenvalue weighted by molar-refractivity contribution is -0.116. The Morgan fingerprint density at radius 1 is 1.22 bits per heavy atom. The zero-order valence-corrected chi connectivity index (χ0v) is 22.7. The fraction of sp³-hybridized carbons (Fsp3) is 0.129. The standard InChI is InChI=1S/C31H26FN7O2/c1-5-25(40)36-15-19-6-8-22(17(2)12-19)29-26(27-28(39(29)4)21(14-33)16-37-30(27)34)20-7-9-24(23(32)13-20)41-31-35-11-10-18(3)38-31/h5-13,16H,1,15H2,2-4H3,(H2,34,37)(H,36,40). The van der Waals surface area contributed by atoms with Gasteiger partial charge in [0, 0.05) is 42.8 Å². The first-order valence-corrected chi connectivity index (χ1v) is 12.7. The van der Waals surface area contributed by atoms with E-state index in [2.05, 4.69) is 32.9 Å². The average Bonchev–Trinajstić information content (AvgIpc) is 3.26. The van der Waals surface area contributed by atoms with E-state index in [1.165, 1.54) is 30.6 Å². The molecule has 1 amide bonds. The number of rotatable bonds is 7. The van der Waals surface area contributed by atoms with Gasteiger partial charge >= 0.3 is 6.01 Å². The first kappa shape index (κ1) is 27.0. The number of nitrogens with two attached hydrogens (primary N) is 1. The number of fused-ring (bicyclic) bond motifs is 1. The van der Waals surface area contributed by atoms with Crippen LogP contribution < -0.4 is 15.8 Å². The van der Waals surface area contributed by atoms with Crippen molar-refractivity contribution in [3.63, 3.8) is 0 Å². The summed E-state index contributed by atoms with van der Waals surface area (Å²) >= 11 is 0. The van der Waals surface area contributed by atoms with Gasteiger partial charge in [-0.25, -0.2) is 19.3 Å². The summed E-state index contributed by atoms with van der Waals surface area (Å²) in [4.78, 5) is 24.1. The van der Waals surface area contributed by atoms with Crippen molar-refractivity contribution in [3.8, 4) is 40.2 Å². The summed E-state index contributed by atoms with van der Waals surface area (Å²) in [5, 5.41) is 13.2. The number of aromatic nitrogens is 4. The monoisotopic (exact) mass is 547 g/mol. The van der Waals surface area contributed by atoms with Crippen LogP contribution in [0.5, 0.6) is 11.8 Å². The summed E-state index contributed by atoms with van der Waals surface area (Å²) in [6.45, 7) is 7.54. The van der Waals surface area contributed by atoms with Crippen LogP contribution in [0.25, 0.3) is 33.3 Å². The van der Waals surface area contributed by atoms with Gasteiger partial charge in [-0.15, -0.1) is 0 Å². The van der Waals surface area contributed by atoms with Gasteiger partial charge in [0.15, 0.2) is 11.6 Å². The van der Waals surface area contributed by atoms with Gasteiger partial charge in [-0.1, -0.05) is 30.8 Å². The Hall–Kier alpha value is -5.56. The maximum Gasteiger partial charge on any atom is 0.322 e. The Morgan fingerprint density at radius 3 is 2.71 bits per heavy atom. The van der Waals surface area contributed by atoms with Crippen molar-refractivity contribution in [2.24, 2.45) is 7.05 Å². The van der Waals surface area contributed by atoms with Crippen molar-refractivity contribution >= 4 is 22.6 Å². The molecular weight excluding hydrogens is 521 g/mol. The Morgan fingerprint density at radius 2 is 2.02 bits per heavy atom. The molecule has 0 atom stereocenters. The molecule has 3 aromatic heterocycles. The number of nitrogen functional groups attached to an aromatic ring is 1. The summed E-state index contributed by atoms with van der Waals surface area (Å²) in [6, 6.07) is 14.3. The van der Waals surface area contributed by atoms with Crippen LogP contribution in [0.3, 0.4) is 0 Å². The molecule has 0 aliphatic carbocycles. The van der Waals surface area contributed by atoms with Gasteiger partial charge in [0.25, 0.3) is 0 Å². The van der Waals surface area contributed by atoms with Crippen molar-refractivity contribution < 1.29 is 13.9 Å². The molecule has 0 unspecified atom stereocenters. The van der Waals surface area contributed by atoms with Crippen molar-refractivity contribution in [2.45, 2.75) is 20.4 Å². The predicted molar refractivity (Wildman–Crippen MR) is 154 cm³/mol. The molecule has 3 N–H and O–H groups in total. The van der Waals surface area contributed by atoms with E-state index < -0.39 is 5.82 Å². The Labute approximate surface area is 235 Å². The number of halogens is 1. The van der Waals surface area contributed by atoms with Crippen LogP contribution in [0, 0.1) is 31.0 Å². The summed E-state index contributed by atoms with van der Waals surface area (Å²) in [7, 11) is 1.84. The van der Waals surface area contributed by atoms with E-state index in [-0.39, 0.29) is 23.5 Å². The highest BCUT2D eigenvalue weighted by atomic mass is 19.1. The van der Waals surface area contributed by atoms with Crippen LogP contribution in [-0.4, -0.2) is 25.4 Å². The van der Waals surface area contributed by atoms with Crippen LogP contribution in [0.2, 0.25) is 0 Å². The van der Waals surface area contributed by atoms with Crippen LogP contribution in [0.4, 0.5) is 10.2 Å². The molecule has 204 valence electrons. The average molecular weight is 548 g/mol. The minimum Gasteiger partial charge on any atom is -0.421 e. The lowest BCUT2D eigenvalue weighted by Crippen LogP contribution is -2.19. The zero-order chi connectivity index (χ0) is 29.3. The topological polar surface area (TPSA) is 132 Å². The van der Waals surface area contributed by atoms with E-state index in [0.717, 1.165) is 22.4 Å². The lowest BCUT2D eigenvalue weighted by atomic mass is 9.94. The largest absolute Gasteiger partial charge is 0.421 e. The lowest BCUT2D eigenvalue weighted by Gasteiger charge is -2.14. The number of aryl methyl sites for hydroxylation is 3. The Balaban J connectivity index is 1.68. The quantitative estimate of drug-likeness (QED) is 0.257. The van der Waals surface area contributed by atoms with Crippen molar-refractivity contribution in [1.82, 2.24) is 24.8 Å². The van der Waals surface area contributed by atoms with Crippen LogP contribution in [0.15, 0.2) is 67.5 Å². The molecule has 0 fully saturated rings. The van der Waals surface area contributed by atoms with E-state index in [4.69, 9.17) is 10.5 Å². The van der Waals surface area contributed by atoms with Crippen molar-refractivity contribution in [2.75, 3.05) is 5.73 Å². The number of pyridine rings is 1. The molecule has 0 aliphatic heterocycles. The molecule has 41 heavy (non-hydrogen) atoms. The van der Waals surface area contributed by atoms with Gasteiger partial charge in [0.05, 0.1) is 22.2 Å².